The van der Waals surface area contributed by atoms with Gasteiger partial charge in [0.2, 0.25) is 0 Å². The minimum Gasteiger partial charge on any atom is -0.493 e. The lowest BCUT2D eigenvalue weighted by Gasteiger charge is -2.21. The van der Waals surface area contributed by atoms with Crippen molar-refractivity contribution in [3.8, 4) is 5.75 Å². The van der Waals surface area contributed by atoms with Gasteiger partial charge in [-0.25, -0.2) is 0 Å². The Hall–Kier alpha value is -1.24. The molecule has 0 heterocycles. The van der Waals surface area contributed by atoms with Crippen molar-refractivity contribution in [3.63, 3.8) is 0 Å². The molecule has 0 saturated heterocycles. The fourth-order valence-electron chi connectivity index (χ4n) is 3.48. The van der Waals surface area contributed by atoms with Crippen LogP contribution in [0.25, 0.3) is 6.08 Å². The van der Waals surface area contributed by atoms with Crippen LogP contribution in [0.3, 0.4) is 0 Å². The van der Waals surface area contributed by atoms with E-state index in [4.69, 9.17) is 4.74 Å². The molecule has 17 heavy (non-hydrogen) atoms. The van der Waals surface area contributed by atoms with Gasteiger partial charge in [0.05, 0.1) is 6.61 Å². The zero-order chi connectivity index (χ0) is 11.7. The number of fused-ring (bicyclic) bond motifs is 2. The van der Waals surface area contributed by atoms with Crippen LogP contribution in [-0.4, -0.2) is 6.61 Å². The van der Waals surface area contributed by atoms with E-state index in [9.17, 15) is 0 Å². The lowest BCUT2D eigenvalue weighted by molar-refractivity contribution is 0.195. The van der Waals surface area contributed by atoms with Crippen molar-refractivity contribution in [1.82, 2.24) is 0 Å². The van der Waals surface area contributed by atoms with E-state index in [0.29, 0.717) is 0 Å². The van der Waals surface area contributed by atoms with Gasteiger partial charge in [0.25, 0.3) is 0 Å². The van der Waals surface area contributed by atoms with E-state index >= 15 is 0 Å². The molecular weight excluding hydrogens is 208 g/mol. The first-order chi connectivity index (χ1) is 8.35. The maximum Gasteiger partial charge on any atom is 0.119 e. The van der Waals surface area contributed by atoms with Gasteiger partial charge in [-0.1, -0.05) is 31.2 Å². The molecule has 90 valence electrons. The summed E-state index contributed by atoms with van der Waals surface area (Å²) >= 11 is 0. The summed E-state index contributed by atoms with van der Waals surface area (Å²) in [4.78, 5) is 0. The van der Waals surface area contributed by atoms with E-state index in [-0.39, 0.29) is 0 Å². The highest BCUT2D eigenvalue weighted by Crippen LogP contribution is 2.48. The molecule has 0 aliphatic heterocycles. The Bertz CT molecular complexity index is 392. The van der Waals surface area contributed by atoms with Crippen LogP contribution in [0.1, 0.15) is 31.2 Å². The largest absolute Gasteiger partial charge is 0.493 e. The van der Waals surface area contributed by atoms with Gasteiger partial charge in [-0.3, -0.25) is 0 Å². The van der Waals surface area contributed by atoms with Crippen molar-refractivity contribution in [2.75, 3.05) is 6.61 Å². The molecule has 1 heteroatoms. The lowest BCUT2D eigenvalue weighted by Crippen LogP contribution is -2.18. The van der Waals surface area contributed by atoms with E-state index in [1.807, 2.05) is 18.2 Å². The summed E-state index contributed by atoms with van der Waals surface area (Å²) < 4.78 is 5.91. The molecule has 2 aliphatic carbocycles. The lowest BCUT2D eigenvalue weighted by atomic mass is 9.89. The van der Waals surface area contributed by atoms with Crippen LogP contribution >= 0.6 is 0 Å². The summed E-state index contributed by atoms with van der Waals surface area (Å²) in [5.41, 5.74) is 1.15. The van der Waals surface area contributed by atoms with Crippen molar-refractivity contribution >= 4 is 6.08 Å². The fourth-order valence-corrected chi connectivity index (χ4v) is 3.48. The fraction of sp³-hybridized carbons (Fsp3) is 0.500. The van der Waals surface area contributed by atoms with Crippen molar-refractivity contribution in [2.24, 2.45) is 17.8 Å². The molecule has 2 saturated carbocycles. The van der Waals surface area contributed by atoms with Crippen molar-refractivity contribution in [2.45, 2.75) is 25.7 Å². The number of hydrogen-bond donors (Lipinski definition) is 0. The molecule has 1 aromatic rings. The summed E-state index contributed by atoms with van der Waals surface area (Å²) in [5, 5.41) is 0. The smallest absolute Gasteiger partial charge is 0.119 e. The highest BCUT2D eigenvalue weighted by molar-refractivity contribution is 5.48. The molecule has 3 rings (SSSR count). The van der Waals surface area contributed by atoms with Crippen LogP contribution in [-0.2, 0) is 0 Å². The van der Waals surface area contributed by atoms with Gasteiger partial charge in [0.15, 0.2) is 0 Å². The third-order valence-electron chi connectivity index (χ3n) is 4.46. The Morgan fingerprint density at radius 1 is 1.18 bits per heavy atom. The minimum atomic E-state index is 0.813. The molecule has 1 nitrogen and oxygen atoms in total. The van der Waals surface area contributed by atoms with Gasteiger partial charge < -0.3 is 4.74 Å². The second-order valence-electron chi connectivity index (χ2n) is 5.52. The highest BCUT2D eigenvalue weighted by atomic mass is 16.5. The molecule has 3 unspecified atom stereocenters. The second kappa shape index (κ2) is 4.56. The van der Waals surface area contributed by atoms with Crippen LogP contribution in [0.5, 0.6) is 5.75 Å². The van der Waals surface area contributed by atoms with Crippen LogP contribution in [0.4, 0.5) is 0 Å². The number of ether oxygens (including phenoxy) is 1. The molecule has 0 radical (unpaired) electrons. The predicted molar refractivity (Wildman–Crippen MR) is 71.0 cm³/mol. The van der Waals surface area contributed by atoms with Gasteiger partial charge >= 0.3 is 0 Å². The summed E-state index contributed by atoms with van der Waals surface area (Å²) in [6, 6.07) is 8.21. The maximum absolute atomic E-state index is 5.91. The highest BCUT2D eigenvalue weighted by Gasteiger charge is 2.39. The molecule has 2 aliphatic rings. The Kier molecular flexibility index (Phi) is 2.92. The zero-order valence-corrected chi connectivity index (χ0v) is 10.3. The molecule has 0 aromatic heterocycles. The molecule has 0 N–H and O–H groups in total. The van der Waals surface area contributed by atoms with Crippen molar-refractivity contribution < 1.29 is 4.74 Å². The van der Waals surface area contributed by atoms with Gasteiger partial charge in [0.1, 0.15) is 5.75 Å². The van der Waals surface area contributed by atoms with Gasteiger partial charge in [-0.2, -0.15) is 0 Å². The van der Waals surface area contributed by atoms with Crippen molar-refractivity contribution in [1.29, 1.82) is 0 Å². The van der Waals surface area contributed by atoms with Crippen LogP contribution in [0.15, 0.2) is 30.8 Å². The summed E-state index contributed by atoms with van der Waals surface area (Å²) in [7, 11) is 0. The monoisotopic (exact) mass is 228 g/mol. The topological polar surface area (TPSA) is 9.23 Å². The molecule has 2 fully saturated rings. The minimum absolute atomic E-state index is 0.813. The first-order valence-corrected chi connectivity index (χ1v) is 6.70. The Morgan fingerprint density at radius 3 is 2.59 bits per heavy atom. The SMILES string of the molecule is C=Cc1ccc(OCC2CC3CCC2C3)cc1. The number of benzene rings is 1. The van der Waals surface area contributed by atoms with Crippen molar-refractivity contribution in [3.05, 3.63) is 36.4 Å². The summed E-state index contributed by atoms with van der Waals surface area (Å²) in [5.74, 6) is 3.77. The standard InChI is InChI=1S/C16H20O/c1-2-12-4-7-16(8-5-12)17-11-15-10-13-3-6-14(15)9-13/h2,4-5,7-8,13-15H,1,3,6,9-11H2. The molecule has 3 atom stereocenters. The zero-order valence-electron chi connectivity index (χ0n) is 10.3. The van der Waals surface area contributed by atoms with Crippen LogP contribution in [0.2, 0.25) is 0 Å². The van der Waals surface area contributed by atoms with E-state index in [1.54, 1.807) is 0 Å². The first-order valence-electron chi connectivity index (χ1n) is 6.70. The third-order valence-corrected chi connectivity index (χ3v) is 4.46. The quantitative estimate of drug-likeness (QED) is 0.752. The van der Waals surface area contributed by atoms with Gasteiger partial charge in [-0.05, 0) is 54.7 Å². The Labute approximate surface area is 103 Å². The van der Waals surface area contributed by atoms with Gasteiger partial charge in [0, 0.05) is 0 Å². The maximum atomic E-state index is 5.91. The molecule has 0 amide bonds. The number of rotatable bonds is 4. The average Bonchev–Trinajstić information content (AvgIpc) is 2.99. The Balaban J connectivity index is 1.55. The molecule has 1 aromatic carbocycles. The van der Waals surface area contributed by atoms with Crippen LogP contribution in [0, 0.1) is 17.8 Å². The predicted octanol–water partition coefficient (Wildman–Crippen LogP) is 4.14. The average molecular weight is 228 g/mol. The molecular formula is C16H20O. The van der Waals surface area contributed by atoms with Gasteiger partial charge in [-0.15, -0.1) is 0 Å². The van der Waals surface area contributed by atoms with E-state index in [1.165, 1.54) is 25.7 Å². The summed E-state index contributed by atoms with van der Waals surface area (Å²) in [6.45, 7) is 4.67. The molecule has 2 bridgehead atoms. The normalized spacial score (nSPS) is 30.5. The summed E-state index contributed by atoms with van der Waals surface area (Å²) in [6.07, 6.45) is 7.63. The molecule has 0 spiro atoms. The first kappa shape index (κ1) is 10.9. The Morgan fingerprint density at radius 2 is 2.00 bits per heavy atom. The van der Waals surface area contributed by atoms with E-state index in [0.717, 1.165) is 35.7 Å². The van der Waals surface area contributed by atoms with E-state index in [2.05, 4.69) is 18.7 Å². The number of hydrogen-bond acceptors (Lipinski definition) is 1. The van der Waals surface area contributed by atoms with E-state index < -0.39 is 0 Å². The second-order valence-corrected chi connectivity index (χ2v) is 5.52. The van der Waals surface area contributed by atoms with Crippen LogP contribution < -0.4 is 4.74 Å². The third kappa shape index (κ3) is 2.24.